The average Bonchev–Trinajstić information content (AvgIpc) is 2.84. The molecule has 4 aromatic carbocycles. The van der Waals surface area contributed by atoms with Crippen LogP contribution in [0.4, 0.5) is 11.4 Å². The number of fused-ring (bicyclic) bond motifs is 2. The minimum absolute atomic E-state index is 0.0830. The Morgan fingerprint density at radius 3 is 2.33 bits per heavy atom. The number of nitrogens with one attached hydrogen (secondary N) is 2. The number of amides is 1. The number of ether oxygens (including phenoxy) is 2. The van der Waals surface area contributed by atoms with E-state index in [0.29, 0.717) is 22.9 Å². The van der Waals surface area contributed by atoms with E-state index < -0.39 is 16.1 Å². The standard InChI is InChI=1S/C25H20N2O5S/c28-25(24-16-31-22-10-3-4-11-23(22)32-24)26-18-12-14-19(15-13-18)33(29,30)27-21-9-5-7-17-6-1-2-8-20(17)21/h1-15,24,27H,16H2,(H,26,28)/t24-/m0/s1. The van der Waals surface area contributed by atoms with Gasteiger partial charge in [0.1, 0.15) is 6.61 Å². The normalized spacial score (nSPS) is 15.1. The molecule has 1 heterocycles. The molecule has 0 bridgehead atoms. The molecule has 1 aliphatic rings. The van der Waals surface area contributed by atoms with Crippen LogP contribution in [0.1, 0.15) is 0 Å². The van der Waals surface area contributed by atoms with Crippen LogP contribution in [0.5, 0.6) is 11.5 Å². The minimum Gasteiger partial charge on any atom is -0.485 e. The molecule has 0 radical (unpaired) electrons. The van der Waals surface area contributed by atoms with Crippen LogP contribution >= 0.6 is 0 Å². The van der Waals surface area contributed by atoms with Gasteiger partial charge in [0.2, 0.25) is 6.10 Å². The lowest BCUT2D eigenvalue weighted by molar-refractivity contribution is -0.125. The molecule has 0 saturated heterocycles. The van der Waals surface area contributed by atoms with E-state index >= 15 is 0 Å². The van der Waals surface area contributed by atoms with Crippen LogP contribution in [0.2, 0.25) is 0 Å². The first-order valence-corrected chi connectivity index (χ1v) is 11.8. The highest BCUT2D eigenvalue weighted by Crippen LogP contribution is 2.31. The molecule has 0 spiro atoms. The highest BCUT2D eigenvalue weighted by molar-refractivity contribution is 7.92. The number of hydrogen-bond acceptors (Lipinski definition) is 5. The highest BCUT2D eigenvalue weighted by Gasteiger charge is 2.27. The van der Waals surface area contributed by atoms with E-state index in [4.69, 9.17) is 9.47 Å². The van der Waals surface area contributed by atoms with Gasteiger partial charge in [0.15, 0.2) is 11.5 Å². The summed E-state index contributed by atoms with van der Waals surface area (Å²) >= 11 is 0. The van der Waals surface area contributed by atoms with E-state index in [0.717, 1.165) is 10.8 Å². The molecule has 0 unspecified atom stereocenters. The summed E-state index contributed by atoms with van der Waals surface area (Å²) in [5, 5.41) is 4.48. The molecular formula is C25H20N2O5S. The Balaban J connectivity index is 1.28. The van der Waals surface area contributed by atoms with E-state index in [1.165, 1.54) is 24.3 Å². The van der Waals surface area contributed by atoms with Crippen molar-refractivity contribution in [3.05, 3.63) is 91.0 Å². The number of hydrogen-bond donors (Lipinski definition) is 2. The maximum atomic E-state index is 12.9. The first kappa shape index (κ1) is 20.8. The summed E-state index contributed by atoms with van der Waals surface area (Å²) < 4.78 is 39.7. The maximum Gasteiger partial charge on any atom is 0.269 e. The number of para-hydroxylation sites is 2. The summed E-state index contributed by atoms with van der Waals surface area (Å²) in [6.45, 7) is 0.0876. The Morgan fingerprint density at radius 2 is 1.52 bits per heavy atom. The van der Waals surface area contributed by atoms with Crippen molar-refractivity contribution in [3.8, 4) is 11.5 Å². The van der Waals surface area contributed by atoms with Crippen LogP contribution < -0.4 is 19.5 Å². The van der Waals surface area contributed by atoms with Gasteiger partial charge >= 0.3 is 0 Å². The van der Waals surface area contributed by atoms with Crippen molar-refractivity contribution >= 4 is 38.1 Å². The van der Waals surface area contributed by atoms with Gasteiger partial charge < -0.3 is 14.8 Å². The Morgan fingerprint density at radius 1 is 0.818 bits per heavy atom. The lowest BCUT2D eigenvalue weighted by atomic mass is 10.1. The van der Waals surface area contributed by atoms with Gasteiger partial charge in [-0.25, -0.2) is 8.42 Å². The second kappa shape index (κ2) is 8.48. The fourth-order valence-corrected chi connectivity index (χ4v) is 4.69. The van der Waals surface area contributed by atoms with E-state index in [9.17, 15) is 13.2 Å². The molecule has 1 aliphatic heterocycles. The fourth-order valence-electron chi connectivity index (χ4n) is 3.61. The molecule has 1 amide bonds. The molecule has 8 heteroatoms. The van der Waals surface area contributed by atoms with Crippen LogP contribution in [0.25, 0.3) is 10.8 Å². The zero-order valence-corrected chi connectivity index (χ0v) is 18.2. The molecule has 0 fully saturated rings. The van der Waals surface area contributed by atoms with E-state index in [-0.39, 0.29) is 17.4 Å². The van der Waals surface area contributed by atoms with Crippen molar-refractivity contribution in [1.29, 1.82) is 0 Å². The van der Waals surface area contributed by atoms with Gasteiger partial charge in [-0.2, -0.15) is 0 Å². The van der Waals surface area contributed by atoms with Crippen LogP contribution in [0, 0.1) is 0 Å². The van der Waals surface area contributed by atoms with Gasteiger partial charge in [0.05, 0.1) is 10.6 Å². The number of sulfonamides is 1. The monoisotopic (exact) mass is 460 g/mol. The largest absolute Gasteiger partial charge is 0.485 e. The fraction of sp³-hybridized carbons (Fsp3) is 0.0800. The molecule has 0 aromatic heterocycles. The molecule has 0 saturated carbocycles. The Hall–Kier alpha value is -4.04. The van der Waals surface area contributed by atoms with Gasteiger partial charge in [0, 0.05) is 11.1 Å². The highest BCUT2D eigenvalue weighted by atomic mass is 32.2. The number of carbonyl (C=O) groups is 1. The quantitative estimate of drug-likeness (QED) is 0.460. The number of benzene rings is 4. The van der Waals surface area contributed by atoms with Crippen LogP contribution in [0.15, 0.2) is 95.9 Å². The van der Waals surface area contributed by atoms with Gasteiger partial charge in [-0.3, -0.25) is 9.52 Å². The molecule has 0 aliphatic carbocycles. The summed E-state index contributed by atoms with van der Waals surface area (Å²) in [4.78, 5) is 12.7. The van der Waals surface area contributed by atoms with Gasteiger partial charge in [-0.05, 0) is 47.9 Å². The van der Waals surface area contributed by atoms with Crippen molar-refractivity contribution in [1.82, 2.24) is 0 Å². The summed E-state index contributed by atoms with van der Waals surface area (Å²) in [5.74, 6) is 0.716. The minimum atomic E-state index is -3.81. The lowest BCUT2D eigenvalue weighted by Gasteiger charge is -2.25. The topological polar surface area (TPSA) is 93.7 Å². The third kappa shape index (κ3) is 4.33. The third-order valence-corrected chi connectivity index (χ3v) is 6.65. The summed E-state index contributed by atoms with van der Waals surface area (Å²) in [6.07, 6.45) is -0.809. The predicted octanol–water partition coefficient (Wildman–Crippen LogP) is 4.42. The maximum absolute atomic E-state index is 12.9. The SMILES string of the molecule is O=C(Nc1ccc(S(=O)(=O)Nc2cccc3ccccc23)cc1)[C@@H]1COc2ccccc2O1. The zero-order valence-electron chi connectivity index (χ0n) is 17.4. The van der Waals surface area contributed by atoms with Crippen molar-refractivity contribution in [2.24, 2.45) is 0 Å². The van der Waals surface area contributed by atoms with E-state index in [1.54, 1.807) is 30.3 Å². The summed E-state index contributed by atoms with van der Waals surface area (Å²) in [7, 11) is -3.81. The Kier molecular flexibility index (Phi) is 5.35. The van der Waals surface area contributed by atoms with Crippen LogP contribution in [0.3, 0.4) is 0 Å². The van der Waals surface area contributed by atoms with Crippen molar-refractivity contribution < 1.29 is 22.7 Å². The molecular weight excluding hydrogens is 440 g/mol. The first-order chi connectivity index (χ1) is 16.0. The first-order valence-electron chi connectivity index (χ1n) is 10.3. The van der Waals surface area contributed by atoms with Gasteiger partial charge in [-0.1, -0.05) is 48.5 Å². The predicted molar refractivity (Wildman–Crippen MR) is 126 cm³/mol. The molecule has 4 aromatic rings. The van der Waals surface area contributed by atoms with E-state index in [2.05, 4.69) is 10.0 Å². The smallest absolute Gasteiger partial charge is 0.269 e. The molecule has 2 N–H and O–H groups in total. The zero-order chi connectivity index (χ0) is 22.8. The van der Waals surface area contributed by atoms with Gasteiger partial charge in [0.25, 0.3) is 15.9 Å². The molecule has 5 rings (SSSR count). The second-order valence-electron chi connectivity index (χ2n) is 7.51. The number of rotatable bonds is 5. The summed E-state index contributed by atoms with van der Waals surface area (Å²) in [6, 6.07) is 26.1. The number of anilines is 2. The molecule has 1 atom stereocenters. The lowest BCUT2D eigenvalue weighted by Crippen LogP contribution is -2.40. The third-order valence-electron chi connectivity index (χ3n) is 5.27. The Bertz CT molecular complexity index is 1430. The molecule has 166 valence electrons. The van der Waals surface area contributed by atoms with Crippen LogP contribution in [-0.2, 0) is 14.8 Å². The summed E-state index contributed by atoms with van der Waals surface area (Å²) in [5.41, 5.74) is 0.951. The van der Waals surface area contributed by atoms with Crippen molar-refractivity contribution in [2.45, 2.75) is 11.0 Å². The Labute approximate surface area is 191 Å². The number of carbonyl (C=O) groups excluding carboxylic acids is 1. The van der Waals surface area contributed by atoms with E-state index in [1.807, 2.05) is 36.4 Å². The van der Waals surface area contributed by atoms with Crippen LogP contribution in [-0.4, -0.2) is 27.0 Å². The average molecular weight is 461 g/mol. The van der Waals surface area contributed by atoms with Gasteiger partial charge in [-0.15, -0.1) is 0 Å². The van der Waals surface area contributed by atoms with Crippen molar-refractivity contribution in [3.63, 3.8) is 0 Å². The van der Waals surface area contributed by atoms with Crippen molar-refractivity contribution in [2.75, 3.05) is 16.6 Å². The molecule has 7 nitrogen and oxygen atoms in total. The second-order valence-corrected chi connectivity index (χ2v) is 9.19. The molecule has 33 heavy (non-hydrogen) atoms.